The zero-order valence-electron chi connectivity index (χ0n) is 17.3. The first-order valence-corrected chi connectivity index (χ1v) is 9.86. The number of hydrogen-bond donors (Lipinski definition) is 0. The van der Waals surface area contributed by atoms with Crippen LogP contribution in [0, 0.1) is 0 Å². The summed E-state index contributed by atoms with van der Waals surface area (Å²) < 4.78 is 3.28. The summed E-state index contributed by atoms with van der Waals surface area (Å²) in [6.45, 7) is 8.23. The Morgan fingerprint density at radius 1 is 1.28 bits per heavy atom. The van der Waals surface area contributed by atoms with Gasteiger partial charge in [-0.3, -0.25) is 18.6 Å². The number of carbonyl (C=O) groups excluding carboxylic acids is 1. The van der Waals surface area contributed by atoms with Crippen LogP contribution >= 0.6 is 11.6 Å². The molecule has 0 radical (unpaired) electrons. The number of allylic oxidation sites excluding steroid dienone is 2. The molecule has 2 aromatic heterocycles. The number of nitrogens with zero attached hydrogens (tertiary/aromatic N) is 4. The largest absolute Gasteiger partial charge is 0.338 e. The van der Waals surface area contributed by atoms with Crippen molar-refractivity contribution >= 4 is 23.2 Å². The molecule has 0 aliphatic heterocycles. The van der Waals surface area contributed by atoms with Crippen LogP contribution in [0.1, 0.15) is 38.2 Å². The monoisotopic (exact) mass is 412 g/mol. The number of hydrogen-bond acceptors (Lipinski definition) is 3. The molecule has 0 aliphatic rings. The summed E-state index contributed by atoms with van der Waals surface area (Å²) in [6, 6.07) is 7.39. The van der Waals surface area contributed by atoms with Crippen molar-refractivity contribution in [3.8, 4) is 11.3 Å². The molecular formula is C22H25ClN4O2. The van der Waals surface area contributed by atoms with Gasteiger partial charge in [0, 0.05) is 42.6 Å². The summed E-state index contributed by atoms with van der Waals surface area (Å²) in [4.78, 5) is 31.9. The normalized spacial score (nSPS) is 11.1. The molecule has 0 fully saturated rings. The Bertz CT molecular complexity index is 1150. The van der Waals surface area contributed by atoms with Crippen molar-refractivity contribution in [3.05, 3.63) is 69.4 Å². The molecule has 152 valence electrons. The van der Waals surface area contributed by atoms with E-state index >= 15 is 0 Å². The second-order valence-corrected chi connectivity index (χ2v) is 8.03. The Labute approximate surface area is 175 Å². The van der Waals surface area contributed by atoms with Crippen molar-refractivity contribution in [3.63, 3.8) is 0 Å². The molecule has 0 saturated carbocycles. The van der Waals surface area contributed by atoms with Crippen LogP contribution < -0.4 is 5.56 Å². The van der Waals surface area contributed by atoms with Crippen LogP contribution in [0.2, 0.25) is 5.02 Å². The second-order valence-electron chi connectivity index (χ2n) is 7.59. The number of benzene rings is 1. The maximum absolute atomic E-state index is 13.3. The minimum Gasteiger partial charge on any atom is -0.338 e. The summed E-state index contributed by atoms with van der Waals surface area (Å²) in [5.41, 5.74) is 2.84. The lowest BCUT2D eigenvalue weighted by atomic mass is 10.1. The first-order chi connectivity index (χ1) is 13.7. The zero-order chi connectivity index (χ0) is 21.3. The Hall–Kier alpha value is -2.86. The highest BCUT2D eigenvalue weighted by Gasteiger charge is 2.20. The van der Waals surface area contributed by atoms with Crippen molar-refractivity contribution in [2.75, 3.05) is 7.05 Å². The molecule has 3 aromatic rings. The van der Waals surface area contributed by atoms with E-state index in [0.717, 1.165) is 11.1 Å². The minimum absolute atomic E-state index is 0.0312. The van der Waals surface area contributed by atoms with E-state index in [1.165, 1.54) is 0 Å². The highest BCUT2D eigenvalue weighted by atomic mass is 35.5. The quantitative estimate of drug-likeness (QED) is 0.588. The van der Waals surface area contributed by atoms with Gasteiger partial charge in [0.15, 0.2) is 0 Å². The lowest BCUT2D eigenvalue weighted by Gasteiger charge is -2.19. The van der Waals surface area contributed by atoms with Crippen molar-refractivity contribution in [2.45, 2.75) is 40.3 Å². The molecule has 7 heteroatoms. The van der Waals surface area contributed by atoms with Gasteiger partial charge in [-0.25, -0.2) is 4.98 Å². The first-order valence-electron chi connectivity index (χ1n) is 9.48. The van der Waals surface area contributed by atoms with Crippen LogP contribution in [0.15, 0.2) is 53.1 Å². The average molecular weight is 413 g/mol. The predicted octanol–water partition coefficient (Wildman–Crippen LogP) is 4.26. The van der Waals surface area contributed by atoms with E-state index in [2.05, 4.69) is 4.98 Å². The highest BCUT2D eigenvalue weighted by molar-refractivity contribution is 6.30. The smallest absolute Gasteiger partial charge is 0.295 e. The molecule has 2 heterocycles. The van der Waals surface area contributed by atoms with E-state index in [9.17, 15) is 9.59 Å². The number of imidazole rings is 1. The summed E-state index contributed by atoms with van der Waals surface area (Å²) in [5, 5.41) is 0.587. The van der Waals surface area contributed by atoms with Gasteiger partial charge in [0.25, 0.3) is 11.5 Å². The van der Waals surface area contributed by atoms with Crippen LogP contribution in [0.3, 0.4) is 0 Å². The van der Waals surface area contributed by atoms with Crippen LogP contribution in [0.5, 0.6) is 0 Å². The number of halogens is 1. The molecule has 0 spiro atoms. The van der Waals surface area contributed by atoms with Gasteiger partial charge in [0.05, 0.1) is 5.69 Å². The van der Waals surface area contributed by atoms with Crippen molar-refractivity contribution in [1.29, 1.82) is 0 Å². The molecule has 0 N–H and O–H groups in total. The number of carbonyl (C=O) groups is 1. The fraction of sp³-hybridized carbons (Fsp3) is 0.318. The fourth-order valence-corrected chi connectivity index (χ4v) is 3.12. The third-order valence-corrected chi connectivity index (χ3v) is 5.07. The van der Waals surface area contributed by atoms with E-state index in [4.69, 9.17) is 11.6 Å². The summed E-state index contributed by atoms with van der Waals surface area (Å²) in [7, 11) is 1.72. The van der Waals surface area contributed by atoms with Crippen molar-refractivity contribution < 1.29 is 4.79 Å². The van der Waals surface area contributed by atoms with E-state index in [-0.39, 0.29) is 28.8 Å². The van der Waals surface area contributed by atoms with Crippen molar-refractivity contribution in [2.24, 2.45) is 0 Å². The predicted molar refractivity (Wildman–Crippen MR) is 117 cm³/mol. The highest BCUT2D eigenvalue weighted by Crippen LogP contribution is 2.23. The third kappa shape index (κ3) is 4.27. The molecule has 1 aromatic carbocycles. The SMILES string of the molecule is CC(C)=CCn1c(-c2cccc(Cl)c2)cn2cc(C(=O)N(C)C(C)C)nc2c1=O. The van der Waals surface area contributed by atoms with E-state index in [1.807, 2.05) is 58.2 Å². The molecule has 0 atom stereocenters. The first kappa shape index (κ1) is 20.9. The van der Waals surface area contributed by atoms with Gasteiger partial charge < -0.3 is 4.90 Å². The number of rotatable bonds is 5. The van der Waals surface area contributed by atoms with Gasteiger partial charge >= 0.3 is 0 Å². The summed E-state index contributed by atoms with van der Waals surface area (Å²) >= 11 is 6.17. The van der Waals surface area contributed by atoms with Crippen molar-refractivity contribution in [1.82, 2.24) is 18.9 Å². The second kappa shape index (κ2) is 8.25. The number of fused-ring (bicyclic) bond motifs is 1. The van der Waals surface area contributed by atoms with Gasteiger partial charge in [0.2, 0.25) is 5.65 Å². The van der Waals surface area contributed by atoms with E-state index < -0.39 is 0 Å². The third-order valence-electron chi connectivity index (χ3n) is 4.84. The molecule has 0 bridgehead atoms. The fourth-order valence-electron chi connectivity index (χ4n) is 2.93. The van der Waals surface area contributed by atoms with Crippen LogP contribution in [0.4, 0.5) is 0 Å². The van der Waals surface area contributed by atoms with E-state index in [1.54, 1.807) is 33.2 Å². The number of aromatic nitrogens is 3. The standard InChI is InChI=1S/C22H25ClN4O2/c1-14(2)9-10-27-19(16-7-6-8-17(23)11-16)13-26-12-18(24-20(26)22(27)29)21(28)25(5)15(3)4/h6-9,11-13,15H,10H2,1-5H3. The molecule has 0 saturated heterocycles. The van der Waals surface area contributed by atoms with Crippen LogP contribution in [-0.4, -0.2) is 37.8 Å². The Morgan fingerprint density at radius 2 is 2.00 bits per heavy atom. The lowest BCUT2D eigenvalue weighted by Crippen LogP contribution is -2.33. The summed E-state index contributed by atoms with van der Waals surface area (Å²) in [6.07, 6.45) is 5.41. The Balaban J connectivity index is 2.23. The Kier molecular flexibility index (Phi) is 5.94. The molecule has 1 amide bonds. The maximum Gasteiger partial charge on any atom is 0.295 e. The Morgan fingerprint density at radius 3 is 2.62 bits per heavy atom. The molecule has 3 rings (SSSR count). The molecule has 0 aliphatic carbocycles. The zero-order valence-corrected chi connectivity index (χ0v) is 18.1. The van der Waals surface area contributed by atoms with Gasteiger partial charge in [-0.1, -0.05) is 35.4 Å². The van der Waals surface area contributed by atoms with Crippen LogP contribution in [0.25, 0.3) is 16.9 Å². The van der Waals surface area contributed by atoms with Gasteiger partial charge in [-0.15, -0.1) is 0 Å². The van der Waals surface area contributed by atoms with Gasteiger partial charge in [-0.05, 0) is 39.8 Å². The lowest BCUT2D eigenvalue weighted by molar-refractivity contribution is 0.0749. The van der Waals surface area contributed by atoms with Gasteiger partial charge in [0.1, 0.15) is 5.69 Å². The van der Waals surface area contributed by atoms with E-state index in [0.29, 0.717) is 17.3 Å². The summed E-state index contributed by atoms with van der Waals surface area (Å²) in [5.74, 6) is -0.219. The van der Waals surface area contributed by atoms with Crippen LogP contribution in [-0.2, 0) is 6.54 Å². The number of amides is 1. The van der Waals surface area contributed by atoms with Gasteiger partial charge in [-0.2, -0.15) is 0 Å². The topological polar surface area (TPSA) is 59.6 Å². The molecule has 29 heavy (non-hydrogen) atoms. The average Bonchev–Trinajstić information content (AvgIpc) is 3.10. The molecule has 0 unspecified atom stereocenters. The maximum atomic E-state index is 13.3. The molecule has 6 nitrogen and oxygen atoms in total. The minimum atomic E-state index is -0.258. The molecular weight excluding hydrogens is 388 g/mol.